The molecule has 1 fully saturated rings. The lowest BCUT2D eigenvalue weighted by atomic mass is 9.99. The van der Waals surface area contributed by atoms with Crippen LogP contribution in [0, 0.1) is 19.7 Å². The fourth-order valence-electron chi connectivity index (χ4n) is 2.22. The van der Waals surface area contributed by atoms with E-state index in [0.717, 1.165) is 5.56 Å². The number of Topliss-reactive ketones (excluding diaryl/α,β-unsaturated/α-hetero) is 1. The van der Waals surface area contributed by atoms with E-state index in [-0.39, 0.29) is 11.5 Å². The molecule has 0 atom stereocenters. The third-order valence-corrected chi connectivity index (χ3v) is 4.62. The summed E-state index contributed by atoms with van der Waals surface area (Å²) in [7, 11) is 0. The third-order valence-electron chi connectivity index (χ3n) is 3.43. The van der Waals surface area contributed by atoms with Crippen molar-refractivity contribution in [3.05, 3.63) is 27.0 Å². The van der Waals surface area contributed by atoms with Crippen LogP contribution in [0.5, 0.6) is 5.75 Å². The summed E-state index contributed by atoms with van der Waals surface area (Å²) in [5.41, 5.74) is 0.984. The number of hydrogen-bond acceptors (Lipinski definition) is 2. The summed E-state index contributed by atoms with van der Waals surface area (Å²) in [4.78, 5) is 12.1. The molecule has 0 saturated heterocycles. The number of ketones is 1. The van der Waals surface area contributed by atoms with Gasteiger partial charge < -0.3 is 4.74 Å². The summed E-state index contributed by atoms with van der Waals surface area (Å²) in [6, 6.07) is 0. The van der Waals surface area contributed by atoms with Crippen molar-refractivity contribution < 1.29 is 13.9 Å². The molecule has 0 bridgehead atoms. The fourth-order valence-corrected chi connectivity index (χ4v) is 2.59. The third kappa shape index (κ3) is 1.03. The Balaban J connectivity index is 2.33. The highest BCUT2D eigenvalue weighted by Gasteiger charge is 2.59. The molecule has 0 aromatic heterocycles. The molecule has 16 heavy (non-hydrogen) atoms. The number of benzene rings is 1. The minimum Gasteiger partial charge on any atom is -0.475 e. The summed E-state index contributed by atoms with van der Waals surface area (Å²) < 4.78 is 20.2. The van der Waals surface area contributed by atoms with E-state index in [1.807, 2.05) is 6.92 Å². The van der Waals surface area contributed by atoms with Crippen LogP contribution in [-0.4, -0.2) is 11.4 Å². The Labute approximate surface area is 101 Å². The average Bonchev–Trinajstić information content (AvgIpc) is 2.97. The monoisotopic (exact) mass is 284 g/mol. The summed E-state index contributed by atoms with van der Waals surface area (Å²) >= 11 is 3.32. The Morgan fingerprint density at radius 2 is 1.94 bits per heavy atom. The maximum Gasteiger partial charge on any atom is 0.210 e. The zero-order valence-electron chi connectivity index (χ0n) is 8.99. The van der Waals surface area contributed by atoms with Gasteiger partial charge in [-0.15, -0.1) is 0 Å². The summed E-state index contributed by atoms with van der Waals surface area (Å²) in [5, 5.41) is 0. The predicted octanol–water partition coefficient (Wildman–Crippen LogP) is 3.31. The first-order valence-electron chi connectivity index (χ1n) is 5.20. The SMILES string of the molecule is Cc1c(F)c2c(c(C)c1Br)C(=O)C1(CC1)O2. The molecule has 0 amide bonds. The van der Waals surface area contributed by atoms with E-state index < -0.39 is 11.4 Å². The minimum atomic E-state index is -0.721. The van der Waals surface area contributed by atoms with Gasteiger partial charge in [-0.05, 0) is 32.3 Å². The summed E-state index contributed by atoms with van der Waals surface area (Å²) in [5.74, 6) is -0.315. The van der Waals surface area contributed by atoms with E-state index in [2.05, 4.69) is 15.9 Å². The van der Waals surface area contributed by atoms with Crippen LogP contribution in [0.25, 0.3) is 0 Å². The Morgan fingerprint density at radius 3 is 2.50 bits per heavy atom. The highest BCUT2D eigenvalue weighted by atomic mass is 79.9. The van der Waals surface area contributed by atoms with Gasteiger partial charge in [-0.2, -0.15) is 0 Å². The van der Waals surface area contributed by atoms with Crippen molar-refractivity contribution in [3.8, 4) is 5.75 Å². The van der Waals surface area contributed by atoms with E-state index in [9.17, 15) is 9.18 Å². The van der Waals surface area contributed by atoms with Gasteiger partial charge in [-0.3, -0.25) is 4.79 Å². The Bertz CT molecular complexity index is 533. The van der Waals surface area contributed by atoms with Crippen molar-refractivity contribution in [1.29, 1.82) is 0 Å². The van der Waals surface area contributed by atoms with Crippen LogP contribution in [0.4, 0.5) is 4.39 Å². The van der Waals surface area contributed by atoms with Gasteiger partial charge >= 0.3 is 0 Å². The number of halogens is 2. The van der Waals surface area contributed by atoms with E-state index in [4.69, 9.17) is 4.74 Å². The lowest BCUT2D eigenvalue weighted by molar-refractivity contribution is 0.0816. The van der Waals surface area contributed by atoms with E-state index in [1.54, 1.807) is 6.92 Å². The molecule has 1 aliphatic carbocycles. The van der Waals surface area contributed by atoms with Crippen LogP contribution < -0.4 is 4.74 Å². The van der Waals surface area contributed by atoms with Gasteiger partial charge in [0, 0.05) is 10.0 Å². The van der Waals surface area contributed by atoms with Gasteiger partial charge in [-0.1, -0.05) is 15.9 Å². The van der Waals surface area contributed by atoms with Gasteiger partial charge in [0.05, 0.1) is 5.56 Å². The molecular weight excluding hydrogens is 275 g/mol. The topological polar surface area (TPSA) is 26.3 Å². The number of hydrogen-bond donors (Lipinski definition) is 0. The second-order valence-corrected chi connectivity index (χ2v) is 5.30. The minimum absolute atomic E-state index is 0.0559. The van der Waals surface area contributed by atoms with Crippen LogP contribution in [-0.2, 0) is 0 Å². The van der Waals surface area contributed by atoms with Crippen LogP contribution in [0.1, 0.15) is 34.3 Å². The molecule has 2 aliphatic rings. The maximum atomic E-state index is 14.0. The van der Waals surface area contributed by atoms with Crippen molar-refractivity contribution in [2.45, 2.75) is 32.3 Å². The maximum absolute atomic E-state index is 14.0. The van der Waals surface area contributed by atoms with Gasteiger partial charge in [0.2, 0.25) is 5.78 Å². The number of carbonyl (C=O) groups is 1. The van der Waals surface area contributed by atoms with Crippen LogP contribution in [0.15, 0.2) is 4.47 Å². The average molecular weight is 285 g/mol. The van der Waals surface area contributed by atoms with E-state index in [1.165, 1.54) is 0 Å². The summed E-state index contributed by atoms with van der Waals surface area (Å²) in [6.07, 6.45) is 1.41. The molecular formula is C12H10BrFO2. The Morgan fingerprint density at radius 1 is 1.31 bits per heavy atom. The Hall–Kier alpha value is -0.900. The molecule has 0 radical (unpaired) electrons. The second-order valence-electron chi connectivity index (χ2n) is 4.51. The molecule has 1 heterocycles. The first-order chi connectivity index (χ1) is 7.48. The van der Waals surface area contributed by atoms with Gasteiger partial charge in [0.15, 0.2) is 17.2 Å². The highest BCUT2D eigenvalue weighted by molar-refractivity contribution is 9.10. The standard InChI is InChI=1S/C12H10BrFO2/c1-5-7-10(9(14)6(2)8(5)13)16-12(3-4-12)11(7)15/h3-4H2,1-2H3. The molecule has 0 N–H and O–H groups in total. The molecule has 2 nitrogen and oxygen atoms in total. The predicted molar refractivity (Wildman–Crippen MR) is 60.5 cm³/mol. The smallest absolute Gasteiger partial charge is 0.210 e. The number of ether oxygens (including phenoxy) is 1. The van der Waals surface area contributed by atoms with Gasteiger partial charge in [0.25, 0.3) is 0 Å². The molecule has 1 saturated carbocycles. The second kappa shape index (κ2) is 2.86. The lowest BCUT2D eigenvalue weighted by Gasteiger charge is -2.09. The molecule has 1 aromatic carbocycles. The van der Waals surface area contributed by atoms with Gasteiger partial charge in [-0.25, -0.2) is 4.39 Å². The van der Waals surface area contributed by atoms with Crippen LogP contribution in [0.2, 0.25) is 0 Å². The van der Waals surface area contributed by atoms with Crippen LogP contribution in [0.3, 0.4) is 0 Å². The number of carbonyl (C=O) groups excluding carboxylic acids is 1. The van der Waals surface area contributed by atoms with Crippen molar-refractivity contribution in [2.75, 3.05) is 0 Å². The van der Waals surface area contributed by atoms with Crippen molar-refractivity contribution in [3.63, 3.8) is 0 Å². The molecule has 3 rings (SSSR count). The van der Waals surface area contributed by atoms with Gasteiger partial charge in [0.1, 0.15) is 0 Å². The van der Waals surface area contributed by atoms with Crippen molar-refractivity contribution in [2.24, 2.45) is 0 Å². The Kier molecular flexibility index (Phi) is 1.83. The molecule has 1 aliphatic heterocycles. The molecule has 1 aromatic rings. The van der Waals surface area contributed by atoms with E-state index in [0.29, 0.717) is 28.4 Å². The van der Waals surface area contributed by atoms with Crippen molar-refractivity contribution in [1.82, 2.24) is 0 Å². The zero-order valence-corrected chi connectivity index (χ0v) is 10.6. The zero-order chi connectivity index (χ0) is 11.7. The first-order valence-corrected chi connectivity index (χ1v) is 5.99. The normalized spacial score (nSPS) is 19.9. The van der Waals surface area contributed by atoms with Crippen LogP contribution >= 0.6 is 15.9 Å². The highest BCUT2D eigenvalue weighted by Crippen LogP contribution is 2.52. The lowest BCUT2D eigenvalue weighted by Crippen LogP contribution is -2.22. The molecule has 0 unspecified atom stereocenters. The first kappa shape index (κ1) is 10.3. The molecule has 1 spiro atoms. The molecule has 4 heteroatoms. The summed E-state index contributed by atoms with van der Waals surface area (Å²) in [6.45, 7) is 3.50. The number of fused-ring (bicyclic) bond motifs is 1. The number of rotatable bonds is 0. The fraction of sp³-hybridized carbons (Fsp3) is 0.417. The quantitative estimate of drug-likeness (QED) is 0.731. The molecule has 84 valence electrons. The van der Waals surface area contributed by atoms with E-state index >= 15 is 0 Å². The largest absolute Gasteiger partial charge is 0.475 e. The van der Waals surface area contributed by atoms with Crippen molar-refractivity contribution >= 4 is 21.7 Å².